The van der Waals surface area contributed by atoms with Crippen molar-refractivity contribution in [2.75, 3.05) is 30.4 Å². The molecule has 8 heteroatoms. The summed E-state index contributed by atoms with van der Waals surface area (Å²) in [6.07, 6.45) is 2.99. The lowest BCUT2D eigenvalue weighted by molar-refractivity contribution is 0.145. The van der Waals surface area contributed by atoms with Crippen LogP contribution in [0.15, 0.2) is 30.5 Å². The number of aryl methyl sites for hydroxylation is 1. The fourth-order valence-corrected chi connectivity index (χ4v) is 3.15. The van der Waals surface area contributed by atoms with Crippen molar-refractivity contribution in [2.45, 2.75) is 18.9 Å². The van der Waals surface area contributed by atoms with Crippen LogP contribution in [0.2, 0.25) is 0 Å². The topological polar surface area (TPSA) is 88.3 Å². The number of benzene rings is 1. The Morgan fingerprint density at radius 2 is 2.04 bits per heavy atom. The molecule has 8 nitrogen and oxygen atoms in total. The Hall–Kier alpha value is -2.87. The minimum Gasteiger partial charge on any atom is -0.497 e. The number of ether oxygens (including phenoxy) is 1. The molecule has 1 fully saturated rings. The van der Waals surface area contributed by atoms with Gasteiger partial charge in [-0.15, -0.1) is 0 Å². The van der Waals surface area contributed by atoms with E-state index in [1.165, 1.54) is 0 Å². The van der Waals surface area contributed by atoms with Crippen LogP contribution in [0.5, 0.6) is 5.75 Å². The van der Waals surface area contributed by atoms with E-state index in [2.05, 4.69) is 20.3 Å². The van der Waals surface area contributed by atoms with Crippen molar-refractivity contribution < 1.29 is 9.84 Å². The normalized spacial score (nSPS) is 15.4. The van der Waals surface area contributed by atoms with E-state index in [-0.39, 0.29) is 6.10 Å². The summed E-state index contributed by atoms with van der Waals surface area (Å²) < 4.78 is 7.04. The van der Waals surface area contributed by atoms with Crippen molar-refractivity contribution in [3.05, 3.63) is 30.5 Å². The highest BCUT2D eigenvalue weighted by Gasteiger charge is 2.21. The fraction of sp³-hybridized carbons (Fsp3) is 0.389. The molecular formula is C18H22N6O2. The number of piperidine rings is 1. The van der Waals surface area contributed by atoms with Gasteiger partial charge in [-0.25, -0.2) is 0 Å². The van der Waals surface area contributed by atoms with Crippen LogP contribution in [-0.4, -0.2) is 51.2 Å². The summed E-state index contributed by atoms with van der Waals surface area (Å²) in [6, 6.07) is 7.70. The molecule has 0 radical (unpaired) electrons. The number of aliphatic hydroxyl groups is 1. The third-order valence-corrected chi connectivity index (χ3v) is 4.66. The smallest absolute Gasteiger partial charge is 0.229 e. The highest BCUT2D eigenvalue weighted by Crippen LogP contribution is 2.28. The number of fused-ring (bicyclic) bond motifs is 1. The molecule has 3 heterocycles. The number of methoxy groups -OCH3 is 1. The van der Waals surface area contributed by atoms with Gasteiger partial charge in [0.1, 0.15) is 11.6 Å². The van der Waals surface area contributed by atoms with E-state index in [1.807, 2.05) is 31.3 Å². The van der Waals surface area contributed by atoms with E-state index in [9.17, 15) is 5.11 Å². The van der Waals surface area contributed by atoms with Crippen molar-refractivity contribution in [2.24, 2.45) is 7.05 Å². The minimum atomic E-state index is -0.235. The number of aliphatic hydroxyl groups excluding tert-OH is 1. The van der Waals surface area contributed by atoms with E-state index >= 15 is 0 Å². The summed E-state index contributed by atoms with van der Waals surface area (Å²) in [4.78, 5) is 11.5. The number of hydrogen-bond donors (Lipinski definition) is 2. The van der Waals surface area contributed by atoms with Gasteiger partial charge in [0.15, 0.2) is 5.65 Å². The maximum Gasteiger partial charge on any atom is 0.229 e. The molecule has 1 saturated heterocycles. The molecule has 1 aliphatic heterocycles. The van der Waals surface area contributed by atoms with Gasteiger partial charge < -0.3 is 20.1 Å². The SMILES string of the molecule is COc1cccc(Nc2nc(N3CCC(O)CC3)nc3c2cnn3C)c1. The Morgan fingerprint density at radius 3 is 2.81 bits per heavy atom. The van der Waals surface area contributed by atoms with Gasteiger partial charge in [-0.1, -0.05) is 6.07 Å². The average molecular weight is 354 g/mol. The Morgan fingerprint density at radius 1 is 1.23 bits per heavy atom. The second-order valence-corrected chi connectivity index (χ2v) is 6.45. The van der Waals surface area contributed by atoms with Crippen molar-refractivity contribution in [1.29, 1.82) is 0 Å². The zero-order chi connectivity index (χ0) is 18.1. The predicted octanol–water partition coefficient (Wildman–Crippen LogP) is 2.08. The summed E-state index contributed by atoms with van der Waals surface area (Å²) in [5, 5.41) is 18.3. The molecule has 0 aliphatic carbocycles. The maximum absolute atomic E-state index is 9.75. The second kappa shape index (κ2) is 6.80. The van der Waals surface area contributed by atoms with Crippen molar-refractivity contribution in [3.63, 3.8) is 0 Å². The molecule has 1 aliphatic rings. The van der Waals surface area contributed by atoms with Gasteiger partial charge in [-0.3, -0.25) is 4.68 Å². The molecular weight excluding hydrogens is 332 g/mol. The van der Waals surface area contributed by atoms with E-state index < -0.39 is 0 Å². The summed E-state index contributed by atoms with van der Waals surface area (Å²) in [7, 11) is 3.51. The van der Waals surface area contributed by atoms with Crippen LogP contribution in [-0.2, 0) is 7.05 Å². The first kappa shape index (κ1) is 16.6. The van der Waals surface area contributed by atoms with Crippen LogP contribution >= 0.6 is 0 Å². The molecule has 2 aromatic heterocycles. The molecule has 0 bridgehead atoms. The molecule has 0 atom stereocenters. The monoisotopic (exact) mass is 354 g/mol. The Bertz CT molecular complexity index is 917. The lowest BCUT2D eigenvalue weighted by Crippen LogP contribution is -2.37. The summed E-state index contributed by atoms with van der Waals surface area (Å²) in [5.41, 5.74) is 1.65. The molecule has 0 spiro atoms. The summed E-state index contributed by atoms with van der Waals surface area (Å²) in [6.45, 7) is 1.48. The molecule has 4 rings (SSSR count). The molecule has 0 unspecified atom stereocenters. The quantitative estimate of drug-likeness (QED) is 0.741. The Labute approximate surface area is 151 Å². The molecule has 2 N–H and O–H groups in total. The predicted molar refractivity (Wildman–Crippen MR) is 100 cm³/mol. The maximum atomic E-state index is 9.75. The summed E-state index contributed by atoms with van der Waals surface area (Å²) >= 11 is 0. The first-order chi connectivity index (χ1) is 12.6. The van der Waals surface area contributed by atoms with Gasteiger partial charge in [0.2, 0.25) is 5.95 Å². The third-order valence-electron chi connectivity index (χ3n) is 4.66. The number of anilines is 3. The van der Waals surface area contributed by atoms with E-state index in [0.717, 1.165) is 48.4 Å². The zero-order valence-corrected chi connectivity index (χ0v) is 14.9. The van der Waals surface area contributed by atoms with Gasteiger partial charge in [-0.05, 0) is 25.0 Å². The van der Waals surface area contributed by atoms with Crippen molar-refractivity contribution in [3.8, 4) is 5.75 Å². The molecule has 136 valence electrons. The van der Waals surface area contributed by atoms with Crippen LogP contribution in [0.4, 0.5) is 17.5 Å². The standard InChI is InChI=1S/C18H22N6O2/c1-23-17-15(11-19-23)16(20-12-4-3-5-14(10-12)26-2)21-18(22-17)24-8-6-13(25)7-9-24/h3-5,10-11,13,25H,6-9H2,1-2H3,(H,20,21,22). The molecule has 0 amide bonds. The van der Waals surface area contributed by atoms with Gasteiger partial charge in [0, 0.05) is 31.9 Å². The van der Waals surface area contributed by atoms with Crippen molar-refractivity contribution >= 4 is 28.5 Å². The Kier molecular flexibility index (Phi) is 4.34. The number of hydrogen-bond acceptors (Lipinski definition) is 7. The van der Waals surface area contributed by atoms with Crippen LogP contribution in [0.25, 0.3) is 11.0 Å². The molecule has 26 heavy (non-hydrogen) atoms. The largest absolute Gasteiger partial charge is 0.497 e. The average Bonchev–Trinajstić information content (AvgIpc) is 3.04. The fourth-order valence-electron chi connectivity index (χ4n) is 3.15. The van der Waals surface area contributed by atoms with Gasteiger partial charge in [0.05, 0.1) is 24.8 Å². The van der Waals surface area contributed by atoms with Crippen LogP contribution in [0, 0.1) is 0 Å². The second-order valence-electron chi connectivity index (χ2n) is 6.45. The highest BCUT2D eigenvalue weighted by molar-refractivity contribution is 5.89. The number of nitrogens with zero attached hydrogens (tertiary/aromatic N) is 5. The van der Waals surface area contributed by atoms with Gasteiger partial charge in [0.25, 0.3) is 0 Å². The number of rotatable bonds is 4. The van der Waals surface area contributed by atoms with Gasteiger partial charge >= 0.3 is 0 Å². The van der Waals surface area contributed by atoms with Crippen molar-refractivity contribution in [1.82, 2.24) is 19.7 Å². The molecule has 1 aromatic carbocycles. The highest BCUT2D eigenvalue weighted by atomic mass is 16.5. The van der Waals surface area contributed by atoms with Gasteiger partial charge in [-0.2, -0.15) is 15.1 Å². The Balaban J connectivity index is 1.72. The lowest BCUT2D eigenvalue weighted by atomic mass is 10.1. The van der Waals surface area contributed by atoms with Crippen LogP contribution in [0.3, 0.4) is 0 Å². The van der Waals surface area contributed by atoms with Crippen LogP contribution < -0.4 is 15.0 Å². The molecule has 3 aromatic rings. The van der Waals surface area contributed by atoms with E-state index in [0.29, 0.717) is 11.8 Å². The minimum absolute atomic E-state index is 0.235. The zero-order valence-electron chi connectivity index (χ0n) is 14.9. The number of nitrogens with one attached hydrogen (secondary N) is 1. The molecule has 0 saturated carbocycles. The third kappa shape index (κ3) is 3.15. The first-order valence-corrected chi connectivity index (χ1v) is 8.68. The number of aromatic nitrogens is 4. The lowest BCUT2D eigenvalue weighted by Gasteiger charge is -2.29. The van der Waals surface area contributed by atoms with Crippen LogP contribution in [0.1, 0.15) is 12.8 Å². The summed E-state index contributed by atoms with van der Waals surface area (Å²) in [5.74, 6) is 2.13. The van der Waals surface area contributed by atoms with E-state index in [1.54, 1.807) is 18.0 Å². The first-order valence-electron chi connectivity index (χ1n) is 8.68. The van der Waals surface area contributed by atoms with E-state index in [4.69, 9.17) is 9.72 Å².